The molecule has 0 spiro atoms. The Labute approximate surface area is 198 Å². The quantitative estimate of drug-likeness (QED) is 0.361. The van der Waals surface area contributed by atoms with E-state index in [1.54, 1.807) is 12.1 Å². The number of halogens is 5. The van der Waals surface area contributed by atoms with Crippen molar-refractivity contribution < 1.29 is 22.4 Å². The van der Waals surface area contributed by atoms with Gasteiger partial charge in [0.15, 0.2) is 0 Å². The van der Waals surface area contributed by atoms with Gasteiger partial charge in [-0.1, -0.05) is 36.2 Å². The molecule has 2 N–H and O–H groups in total. The summed E-state index contributed by atoms with van der Waals surface area (Å²) in [5.74, 6) is -1.40. The summed E-state index contributed by atoms with van der Waals surface area (Å²) < 4.78 is 53.0. The molecule has 1 aliphatic rings. The third-order valence-electron chi connectivity index (χ3n) is 5.75. The minimum atomic E-state index is -4.71. The summed E-state index contributed by atoms with van der Waals surface area (Å²) in [5.41, 5.74) is 0.573. The molecule has 0 radical (unpaired) electrons. The molecule has 3 aromatic rings. The lowest BCUT2D eigenvalue weighted by molar-refractivity contribution is -0.137. The number of carbonyl (C=O) groups excluding carboxylic acids is 1. The zero-order valence-electron chi connectivity index (χ0n) is 17.9. The largest absolute Gasteiger partial charge is 0.417 e. The minimum Gasteiger partial charge on any atom is -0.342 e. The van der Waals surface area contributed by atoms with E-state index in [0.717, 1.165) is 49.2 Å². The van der Waals surface area contributed by atoms with Crippen LogP contribution in [0.3, 0.4) is 0 Å². The molecule has 0 saturated carbocycles. The second kappa shape index (κ2) is 10.1. The SMILES string of the molecule is O=C(N[C@@H](c1cccc(-c2ccc(F)nc2)c1)[C@@H]1CCCCN1)c1nccc(C(F)(F)F)c1Cl. The lowest BCUT2D eigenvalue weighted by Crippen LogP contribution is -2.46. The normalized spacial score (nSPS) is 17.3. The highest BCUT2D eigenvalue weighted by Gasteiger charge is 2.36. The molecular formula is C24H21ClF4N4O. The van der Waals surface area contributed by atoms with Crippen LogP contribution in [0.25, 0.3) is 11.1 Å². The van der Waals surface area contributed by atoms with Crippen LogP contribution in [0.5, 0.6) is 0 Å². The summed E-state index contributed by atoms with van der Waals surface area (Å²) >= 11 is 5.93. The molecule has 4 rings (SSSR count). The fraction of sp³-hybridized carbons (Fsp3) is 0.292. The van der Waals surface area contributed by atoms with Crippen LogP contribution in [-0.4, -0.2) is 28.5 Å². The number of aromatic nitrogens is 2. The zero-order valence-corrected chi connectivity index (χ0v) is 18.6. The van der Waals surface area contributed by atoms with E-state index in [1.165, 1.54) is 12.3 Å². The van der Waals surface area contributed by atoms with E-state index in [0.29, 0.717) is 5.56 Å². The molecule has 0 bridgehead atoms. The molecule has 1 amide bonds. The number of carbonyl (C=O) groups is 1. The van der Waals surface area contributed by atoms with Crippen LogP contribution in [0, 0.1) is 5.95 Å². The molecule has 1 aromatic carbocycles. The zero-order chi connectivity index (χ0) is 24.3. The third kappa shape index (κ3) is 5.37. The van der Waals surface area contributed by atoms with Gasteiger partial charge < -0.3 is 10.6 Å². The molecule has 0 unspecified atom stereocenters. The maximum absolute atomic E-state index is 13.3. The molecule has 34 heavy (non-hydrogen) atoms. The van der Waals surface area contributed by atoms with Crippen molar-refractivity contribution in [1.82, 2.24) is 20.6 Å². The predicted octanol–water partition coefficient (Wildman–Crippen LogP) is 5.57. The summed E-state index contributed by atoms with van der Waals surface area (Å²) in [7, 11) is 0. The molecule has 178 valence electrons. The lowest BCUT2D eigenvalue weighted by Gasteiger charge is -2.32. The Hall–Kier alpha value is -3.04. The first-order chi connectivity index (χ1) is 16.2. The van der Waals surface area contributed by atoms with E-state index < -0.39 is 40.4 Å². The summed E-state index contributed by atoms with van der Waals surface area (Å²) in [6.45, 7) is 0.751. The number of nitrogens with one attached hydrogen (secondary N) is 2. The molecule has 10 heteroatoms. The van der Waals surface area contributed by atoms with Crippen LogP contribution in [-0.2, 0) is 6.18 Å². The molecule has 5 nitrogen and oxygen atoms in total. The second-order valence-electron chi connectivity index (χ2n) is 8.02. The van der Waals surface area contributed by atoms with Crippen LogP contribution in [0.2, 0.25) is 5.02 Å². The monoisotopic (exact) mass is 492 g/mol. The van der Waals surface area contributed by atoms with Gasteiger partial charge in [-0.15, -0.1) is 0 Å². The van der Waals surface area contributed by atoms with Crippen LogP contribution in [0.4, 0.5) is 17.6 Å². The molecule has 1 fully saturated rings. The van der Waals surface area contributed by atoms with Gasteiger partial charge in [0.1, 0.15) is 5.69 Å². The first-order valence-electron chi connectivity index (χ1n) is 10.7. The number of piperidine rings is 1. The summed E-state index contributed by atoms with van der Waals surface area (Å²) in [4.78, 5) is 20.6. The maximum atomic E-state index is 13.3. The van der Waals surface area contributed by atoms with Gasteiger partial charge in [0, 0.05) is 24.0 Å². The summed E-state index contributed by atoms with van der Waals surface area (Å²) in [6.07, 6.45) is 0.300. The van der Waals surface area contributed by atoms with Gasteiger partial charge in [-0.05, 0) is 54.8 Å². The molecule has 0 aliphatic carbocycles. The van der Waals surface area contributed by atoms with Gasteiger partial charge in [-0.2, -0.15) is 17.6 Å². The molecule has 3 heterocycles. The highest BCUT2D eigenvalue weighted by molar-refractivity contribution is 6.34. The van der Waals surface area contributed by atoms with Crippen LogP contribution < -0.4 is 10.6 Å². The number of hydrogen-bond acceptors (Lipinski definition) is 4. The Kier molecular flexibility index (Phi) is 7.13. The smallest absolute Gasteiger partial charge is 0.342 e. The van der Waals surface area contributed by atoms with E-state index in [2.05, 4.69) is 20.6 Å². The molecule has 2 atom stereocenters. The van der Waals surface area contributed by atoms with Crippen molar-refractivity contribution in [2.24, 2.45) is 0 Å². The van der Waals surface area contributed by atoms with Crippen molar-refractivity contribution in [2.45, 2.75) is 37.5 Å². The van der Waals surface area contributed by atoms with Crippen molar-refractivity contribution in [3.05, 3.63) is 82.6 Å². The van der Waals surface area contributed by atoms with Crippen molar-refractivity contribution in [3.8, 4) is 11.1 Å². The Morgan fingerprint density at radius 2 is 1.94 bits per heavy atom. The summed E-state index contributed by atoms with van der Waals surface area (Å²) in [6, 6.07) is 10.2. The Bertz CT molecular complexity index is 1160. The average Bonchev–Trinajstić information content (AvgIpc) is 2.83. The van der Waals surface area contributed by atoms with E-state index in [9.17, 15) is 22.4 Å². The number of pyridine rings is 2. The Balaban J connectivity index is 1.68. The highest BCUT2D eigenvalue weighted by Crippen LogP contribution is 2.36. The Morgan fingerprint density at radius 3 is 2.62 bits per heavy atom. The Morgan fingerprint density at radius 1 is 1.12 bits per heavy atom. The summed E-state index contributed by atoms with van der Waals surface area (Å²) in [5, 5.41) is 5.47. The van der Waals surface area contributed by atoms with Gasteiger partial charge in [0.05, 0.1) is 16.6 Å². The molecule has 2 aromatic heterocycles. The van der Waals surface area contributed by atoms with Gasteiger partial charge in [0.2, 0.25) is 5.95 Å². The van der Waals surface area contributed by atoms with Crippen LogP contribution in [0.1, 0.15) is 46.9 Å². The van der Waals surface area contributed by atoms with Crippen LogP contribution in [0.15, 0.2) is 54.9 Å². The molecule has 1 aliphatic heterocycles. The number of amides is 1. The van der Waals surface area contributed by atoms with Crippen molar-refractivity contribution in [2.75, 3.05) is 6.54 Å². The predicted molar refractivity (Wildman–Crippen MR) is 120 cm³/mol. The van der Waals surface area contributed by atoms with E-state index in [1.807, 2.05) is 18.2 Å². The number of hydrogen-bond donors (Lipinski definition) is 2. The number of rotatable bonds is 5. The standard InChI is InChI=1S/C24H21ClF4N4O/c25-20-17(24(27,28)29)9-11-31-22(20)23(34)33-21(18-6-1-2-10-30-18)15-5-3-4-14(12-15)16-7-8-19(26)32-13-16/h3-5,7-9,11-13,18,21,30H,1-2,6,10H2,(H,33,34)/t18-,21-/m0/s1. The van der Waals surface area contributed by atoms with E-state index >= 15 is 0 Å². The first kappa shape index (κ1) is 24.1. The van der Waals surface area contributed by atoms with Gasteiger partial charge >= 0.3 is 6.18 Å². The molecule has 1 saturated heterocycles. The van der Waals surface area contributed by atoms with E-state index in [4.69, 9.17) is 11.6 Å². The fourth-order valence-electron chi connectivity index (χ4n) is 4.07. The van der Waals surface area contributed by atoms with E-state index in [-0.39, 0.29) is 6.04 Å². The second-order valence-corrected chi connectivity index (χ2v) is 8.40. The van der Waals surface area contributed by atoms with Crippen molar-refractivity contribution in [1.29, 1.82) is 0 Å². The van der Waals surface area contributed by atoms with Crippen molar-refractivity contribution >= 4 is 17.5 Å². The topological polar surface area (TPSA) is 66.9 Å². The maximum Gasteiger partial charge on any atom is 0.417 e. The first-order valence-corrected chi connectivity index (χ1v) is 11.1. The number of nitrogens with zero attached hydrogens (tertiary/aromatic N) is 2. The minimum absolute atomic E-state index is 0.149. The van der Waals surface area contributed by atoms with Crippen molar-refractivity contribution in [3.63, 3.8) is 0 Å². The lowest BCUT2D eigenvalue weighted by atomic mass is 9.90. The average molecular weight is 493 g/mol. The molecular weight excluding hydrogens is 472 g/mol. The van der Waals surface area contributed by atoms with Gasteiger partial charge in [0.25, 0.3) is 5.91 Å². The van der Waals surface area contributed by atoms with Gasteiger partial charge in [-0.3, -0.25) is 4.79 Å². The highest BCUT2D eigenvalue weighted by atomic mass is 35.5. The van der Waals surface area contributed by atoms with Gasteiger partial charge in [-0.25, -0.2) is 9.97 Å². The fourth-order valence-corrected chi connectivity index (χ4v) is 4.37. The third-order valence-corrected chi connectivity index (χ3v) is 6.14. The van der Waals surface area contributed by atoms with Crippen LogP contribution >= 0.6 is 11.6 Å². The number of benzene rings is 1. The number of alkyl halides is 3.